The average Bonchev–Trinajstić information content (AvgIpc) is 2.61. The van der Waals surface area contributed by atoms with Crippen molar-refractivity contribution in [3.8, 4) is 5.75 Å². The van der Waals surface area contributed by atoms with E-state index in [-0.39, 0.29) is 5.69 Å². The van der Waals surface area contributed by atoms with Crippen molar-refractivity contribution in [2.45, 2.75) is 52.8 Å². The van der Waals surface area contributed by atoms with Crippen LogP contribution >= 0.6 is 0 Å². The average molecular weight is 422 g/mol. The number of amides is 2. The van der Waals surface area contributed by atoms with E-state index in [9.17, 15) is 22.8 Å². The van der Waals surface area contributed by atoms with Gasteiger partial charge in [0.2, 0.25) is 5.91 Å². The molecule has 8 heteroatoms. The number of benzene rings is 2. The van der Waals surface area contributed by atoms with E-state index in [0.29, 0.717) is 11.7 Å². The molecule has 2 aromatic carbocycles. The summed E-state index contributed by atoms with van der Waals surface area (Å²) < 4.78 is 45.9. The number of hydrogen-bond acceptors (Lipinski definition) is 3. The van der Waals surface area contributed by atoms with Crippen LogP contribution in [0.4, 0.5) is 24.5 Å². The fourth-order valence-corrected chi connectivity index (χ4v) is 3.03. The van der Waals surface area contributed by atoms with Crippen LogP contribution in [0.25, 0.3) is 0 Å². The zero-order chi connectivity index (χ0) is 22.6. The lowest BCUT2D eigenvalue weighted by atomic mass is 9.98. The Hall–Kier alpha value is -3.03. The second kappa shape index (κ2) is 9.19. The number of ether oxygens (including phenoxy) is 1. The first-order valence-corrected chi connectivity index (χ1v) is 9.45. The number of alkyl halides is 3. The number of aryl methyl sites for hydroxylation is 1. The smallest absolute Gasteiger partial charge is 0.418 e. The number of anilines is 2. The van der Waals surface area contributed by atoms with Gasteiger partial charge in [-0.2, -0.15) is 13.2 Å². The largest absolute Gasteiger partial charge is 0.481 e. The zero-order valence-corrected chi connectivity index (χ0v) is 17.5. The van der Waals surface area contributed by atoms with Crippen molar-refractivity contribution in [1.82, 2.24) is 0 Å². The van der Waals surface area contributed by atoms with Crippen LogP contribution in [0.1, 0.15) is 50.3 Å². The van der Waals surface area contributed by atoms with E-state index in [4.69, 9.17) is 4.74 Å². The molecular weight excluding hydrogens is 397 g/mol. The van der Waals surface area contributed by atoms with Crippen LogP contribution in [0.5, 0.6) is 5.75 Å². The van der Waals surface area contributed by atoms with Crippen molar-refractivity contribution in [2.75, 3.05) is 10.6 Å². The van der Waals surface area contributed by atoms with Crippen molar-refractivity contribution in [2.24, 2.45) is 0 Å². The van der Waals surface area contributed by atoms with E-state index >= 15 is 0 Å². The number of halogens is 3. The van der Waals surface area contributed by atoms with Gasteiger partial charge in [0.1, 0.15) is 5.75 Å². The van der Waals surface area contributed by atoms with Crippen LogP contribution in [0, 0.1) is 6.92 Å². The summed E-state index contributed by atoms with van der Waals surface area (Å²) in [6.45, 7) is 8.71. The molecule has 162 valence electrons. The Kier molecular flexibility index (Phi) is 7.12. The van der Waals surface area contributed by atoms with E-state index in [0.717, 1.165) is 23.3 Å². The second-order valence-corrected chi connectivity index (χ2v) is 7.36. The molecule has 0 heterocycles. The van der Waals surface area contributed by atoms with Crippen LogP contribution in [0.3, 0.4) is 0 Å². The maximum atomic E-state index is 13.4. The van der Waals surface area contributed by atoms with Gasteiger partial charge in [-0.25, -0.2) is 0 Å². The highest BCUT2D eigenvalue weighted by molar-refractivity contribution is 5.95. The molecular formula is C22H25F3N2O3. The van der Waals surface area contributed by atoms with Crippen molar-refractivity contribution < 1.29 is 27.5 Å². The van der Waals surface area contributed by atoms with Crippen molar-refractivity contribution in [3.63, 3.8) is 0 Å². The minimum atomic E-state index is -4.72. The Bertz CT molecular complexity index is 940. The third-order valence-corrected chi connectivity index (χ3v) is 4.45. The van der Waals surface area contributed by atoms with Gasteiger partial charge in [-0.3, -0.25) is 9.59 Å². The first-order valence-electron chi connectivity index (χ1n) is 9.45. The van der Waals surface area contributed by atoms with Crippen molar-refractivity contribution in [1.29, 1.82) is 0 Å². The van der Waals surface area contributed by atoms with Gasteiger partial charge in [0.05, 0.1) is 11.3 Å². The SMILES string of the molecule is CC(=O)Nc1ccc(NC(=O)[C@H](C)Oc2ccc(C(C)C)c(C)c2)c(C(F)(F)F)c1. The van der Waals surface area contributed by atoms with Crippen molar-refractivity contribution in [3.05, 3.63) is 53.1 Å². The molecule has 5 nitrogen and oxygen atoms in total. The van der Waals surface area contributed by atoms with E-state index in [1.54, 1.807) is 12.1 Å². The number of carbonyl (C=O) groups is 2. The molecule has 0 radical (unpaired) electrons. The van der Waals surface area contributed by atoms with Gasteiger partial charge >= 0.3 is 6.18 Å². The maximum Gasteiger partial charge on any atom is 0.418 e. The van der Waals surface area contributed by atoms with Crippen LogP contribution < -0.4 is 15.4 Å². The van der Waals surface area contributed by atoms with E-state index in [1.165, 1.54) is 19.9 Å². The Labute approximate surface area is 173 Å². The fraction of sp³-hybridized carbons (Fsp3) is 0.364. The van der Waals surface area contributed by atoms with E-state index in [1.807, 2.05) is 13.0 Å². The quantitative estimate of drug-likeness (QED) is 0.646. The van der Waals surface area contributed by atoms with Gasteiger partial charge in [-0.1, -0.05) is 19.9 Å². The first-order chi connectivity index (χ1) is 13.9. The van der Waals surface area contributed by atoms with Crippen molar-refractivity contribution >= 4 is 23.2 Å². The summed E-state index contributed by atoms with van der Waals surface area (Å²) in [7, 11) is 0. The minimum Gasteiger partial charge on any atom is -0.481 e. The van der Waals surface area contributed by atoms with Gasteiger partial charge in [-0.15, -0.1) is 0 Å². The van der Waals surface area contributed by atoms with Gasteiger partial charge in [-0.05, 0) is 61.2 Å². The predicted octanol–water partition coefficient (Wildman–Crippen LogP) is 5.50. The van der Waals surface area contributed by atoms with Crippen LogP contribution in [0.15, 0.2) is 36.4 Å². The molecule has 2 aromatic rings. The lowest BCUT2D eigenvalue weighted by Gasteiger charge is -2.19. The number of carbonyl (C=O) groups excluding carboxylic acids is 2. The molecule has 30 heavy (non-hydrogen) atoms. The molecule has 0 aliphatic rings. The molecule has 0 saturated carbocycles. The van der Waals surface area contributed by atoms with Crippen LogP contribution in [0.2, 0.25) is 0 Å². The van der Waals surface area contributed by atoms with Crippen LogP contribution in [-0.2, 0) is 15.8 Å². The Morgan fingerprint density at radius 3 is 2.20 bits per heavy atom. The maximum absolute atomic E-state index is 13.4. The minimum absolute atomic E-state index is 0.0159. The van der Waals surface area contributed by atoms with E-state index < -0.39 is 35.3 Å². The molecule has 0 aliphatic heterocycles. The van der Waals surface area contributed by atoms with E-state index in [2.05, 4.69) is 24.5 Å². The summed E-state index contributed by atoms with van der Waals surface area (Å²) in [6.07, 6.45) is -5.74. The number of hydrogen-bond donors (Lipinski definition) is 2. The molecule has 0 saturated heterocycles. The standard InChI is InChI=1S/C22H25F3N2O3/c1-12(2)18-8-7-17(10-13(18)3)30-14(4)21(29)27-20-9-6-16(26-15(5)28)11-19(20)22(23,24)25/h6-12,14H,1-5H3,(H,26,28)(H,27,29)/t14-/m0/s1. The second-order valence-electron chi connectivity index (χ2n) is 7.36. The summed E-state index contributed by atoms with van der Waals surface area (Å²) in [5.74, 6) is -0.434. The van der Waals surface area contributed by atoms with Gasteiger partial charge < -0.3 is 15.4 Å². The summed E-state index contributed by atoms with van der Waals surface area (Å²) in [5, 5.41) is 4.56. The number of nitrogens with one attached hydrogen (secondary N) is 2. The first kappa shape index (κ1) is 23.3. The third-order valence-electron chi connectivity index (χ3n) is 4.45. The van der Waals surface area contributed by atoms with Gasteiger partial charge in [0.25, 0.3) is 5.91 Å². The lowest BCUT2D eigenvalue weighted by molar-refractivity contribution is -0.137. The molecule has 1 atom stereocenters. The molecule has 2 amide bonds. The summed E-state index contributed by atoms with van der Waals surface area (Å²) >= 11 is 0. The van der Waals surface area contributed by atoms with Crippen LogP contribution in [-0.4, -0.2) is 17.9 Å². The molecule has 0 fully saturated rings. The zero-order valence-electron chi connectivity index (χ0n) is 17.5. The monoisotopic (exact) mass is 422 g/mol. The normalized spacial score (nSPS) is 12.4. The summed E-state index contributed by atoms with van der Waals surface area (Å²) in [4.78, 5) is 23.5. The Morgan fingerprint density at radius 2 is 1.67 bits per heavy atom. The fourth-order valence-electron chi connectivity index (χ4n) is 3.03. The Balaban J connectivity index is 2.18. The van der Waals surface area contributed by atoms with Gasteiger partial charge in [0, 0.05) is 12.6 Å². The number of rotatable bonds is 6. The molecule has 0 unspecified atom stereocenters. The molecule has 0 bridgehead atoms. The summed E-state index contributed by atoms with van der Waals surface area (Å²) in [5.41, 5.74) is 0.657. The topological polar surface area (TPSA) is 67.4 Å². The highest BCUT2D eigenvalue weighted by Crippen LogP contribution is 2.36. The molecule has 2 N–H and O–H groups in total. The lowest BCUT2D eigenvalue weighted by Crippen LogP contribution is -2.31. The van der Waals surface area contributed by atoms with Gasteiger partial charge in [0.15, 0.2) is 6.10 Å². The summed E-state index contributed by atoms with van der Waals surface area (Å²) in [6, 6.07) is 8.59. The Morgan fingerprint density at radius 1 is 1.00 bits per heavy atom. The molecule has 0 aromatic heterocycles. The molecule has 2 rings (SSSR count). The molecule has 0 aliphatic carbocycles. The third kappa shape index (κ3) is 5.98. The predicted molar refractivity (Wildman–Crippen MR) is 110 cm³/mol. The highest BCUT2D eigenvalue weighted by atomic mass is 19.4. The molecule has 0 spiro atoms. The highest BCUT2D eigenvalue weighted by Gasteiger charge is 2.35.